The fourth-order valence-corrected chi connectivity index (χ4v) is 4.42. The van der Waals surface area contributed by atoms with Crippen LogP contribution < -0.4 is 0 Å². The average Bonchev–Trinajstić information content (AvgIpc) is 3.15. The maximum atomic E-state index is 11.3. The van der Waals surface area contributed by atoms with E-state index in [2.05, 4.69) is 26.5 Å². The first kappa shape index (κ1) is 20.3. The molecule has 1 aromatic heterocycles. The number of furan rings is 1. The van der Waals surface area contributed by atoms with Crippen LogP contribution in [-0.2, 0) is 6.42 Å². The van der Waals surface area contributed by atoms with E-state index >= 15 is 0 Å². The minimum absolute atomic E-state index is 0.0790. The zero-order valence-corrected chi connectivity index (χ0v) is 17.3. The van der Waals surface area contributed by atoms with Crippen molar-refractivity contribution < 1.29 is 14.6 Å². The van der Waals surface area contributed by atoms with E-state index in [1.54, 1.807) is 6.26 Å². The Bertz CT molecular complexity index is 858. The van der Waals surface area contributed by atoms with Gasteiger partial charge in [-0.25, -0.2) is 0 Å². The van der Waals surface area contributed by atoms with Crippen LogP contribution in [0.3, 0.4) is 0 Å². The van der Waals surface area contributed by atoms with Crippen molar-refractivity contribution >= 4 is 0 Å². The molecule has 2 unspecified atom stereocenters. The first-order valence-electron chi connectivity index (χ1n) is 10.4. The summed E-state index contributed by atoms with van der Waals surface area (Å²) >= 11 is 0. The lowest BCUT2D eigenvalue weighted by Crippen LogP contribution is -2.17. The van der Waals surface area contributed by atoms with Crippen LogP contribution in [0.5, 0.6) is 11.5 Å². The Morgan fingerprint density at radius 1 is 1.29 bits per heavy atom. The van der Waals surface area contributed by atoms with Gasteiger partial charge in [0, 0.05) is 11.5 Å². The molecule has 28 heavy (non-hydrogen) atoms. The van der Waals surface area contributed by atoms with Crippen molar-refractivity contribution in [1.82, 2.24) is 0 Å². The second kappa shape index (κ2) is 8.72. The van der Waals surface area contributed by atoms with Crippen molar-refractivity contribution in [2.45, 2.75) is 65.2 Å². The summed E-state index contributed by atoms with van der Waals surface area (Å²) in [5, 5.41) is 22.3. The first-order chi connectivity index (χ1) is 13.4. The third-order valence-corrected chi connectivity index (χ3v) is 5.93. The molecule has 3 heteroatoms. The lowest BCUT2D eigenvalue weighted by atomic mass is 9.73. The summed E-state index contributed by atoms with van der Waals surface area (Å²) in [6.45, 7) is 10.5. The number of phenols is 2. The molecule has 0 radical (unpaired) electrons. The summed E-state index contributed by atoms with van der Waals surface area (Å²) in [4.78, 5) is 0. The van der Waals surface area contributed by atoms with Crippen LogP contribution in [0.1, 0.15) is 69.9 Å². The van der Waals surface area contributed by atoms with E-state index < -0.39 is 0 Å². The molecule has 3 nitrogen and oxygen atoms in total. The smallest absolute Gasteiger partial charge is 0.137 e. The molecule has 1 aliphatic rings. The molecule has 0 bridgehead atoms. The molecule has 2 aromatic rings. The van der Waals surface area contributed by atoms with Gasteiger partial charge < -0.3 is 14.6 Å². The van der Waals surface area contributed by atoms with E-state index in [4.69, 9.17) is 4.42 Å². The molecule has 0 fully saturated rings. The fourth-order valence-electron chi connectivity index (χ4n) is 4.42. The van der Waals surface area contributed by atoms with Gasteiger partial charge in [-0.3, -0.25) is 0 Å². The molecular formula is C25H32O3. The number of benzene rings is 1. The van der Waals surface area contributed by atoms with Gasteiger partial charge in [-0.05, 0) is 69.2 Å². The first-order valence-corrected chi connectivity index (χ1v) is 10.4. The average molecular weight is 381 g/mol. The normalized spacial score (nSPS) is 19.5. The number of hydrogen-bond donors (Lipinski definition) is 2. The fraction of sp³-hybridized carbons (Fsp3) is 0.440. The van der Waals surface area contributed by atoms with Crippen molar-refractivity contribution in [2.24, 2.45) is 5.92 Å². The summed E-state index contributed by atoms with van der Waals surface area (Å²) in [7, 11) is 0. The van der Waals surface area contributed by atoms with Gasteiger partial charge in [-0.15, -0.1) is 0 Å². The van der Waals surface area contributed by atoms with Crippen LogP contribution in [0.15, 0.2) is 52.7 Å². The summed E-state index contributed by atoms with van der Waals surface area (Å²) in [5.74, 6) is 1.08. The highest BCUT2D eigenvalue weighted by atomic mass is 16.3. The van der Waals surface area contributed by atoms with Gasteiger partial charge in [0.1, 0.15) is 17.3 Å². The number of rotatable bonds is 7. The van der Waals surface area contributed by atoms with Crippen molar-refractivity contribution in [1.29, 1.82) is 0 Å². The Kier molecular flexibility index (Phi) is 6.33. The largest absolute Gasteiger partial charge is 0.507 e. The third kappa shape index (κ3) is 4.04. The molecule has 1 heterocycles. The van der Waals surface area contributed by atoms with E-state index in [0.717, 1.165) is 49.7 Å². The summed E-state index contributed by atoms with van der Waals surface area (Å²) in [6, 6.07) is 5.53. The molecule has 2 atom stereocenters. The number of hydrogen-bond acceptors (Lipinski definition) is 3. The maximum absolute atomic E-state index is 11.3. The minimum Gasteiger partial charge on any atom is -0.507 e. The lowest BCUT2D eigenvalue weighted by Gasteiger charge is -2.32. The molecule has 0 saturated carbocycles. The Labute approximate surface area is 168 Å². The molecule has 0 spiro atoms. The summed E-state index contributed by atoms with van der Waals surface area (Å²) in [5.41, 5.74) is 4.61. The molecule has 150 valence electrons. The van der Waals surface area contributed by atoms with E-state index in [0.29, 0.717) is 16.9 Å². The van der Waals surface area contributed by atoms with Crippen LogP contribution in [0.4, 0.5) is 0 Å². The quantitative estimate of drug-likeness (QED) is 0.397. The van der Waals surface area contributed by atoms with E-state index in [1.165, 1.54) is 5.57 Å². The van der Waals surface area contributed by atoms with Crippen molar-refractivity contribution in [3.8, 4) is 22.8 Å². The third-order valence-electron chi connectivity index (χ3n) is 5.93. The SMILES string of the molecule is C=C(C)C1CCC(C)=CC1c1c(O)cc(CCCCC)c(-c2ccco2)c1O. The highest BCUT2D eigenvalue weighted by molar-refractivity contribution is 5.75. The Morgan fingerprint density at radius 3 is 2.71 bits per heavy atom. The van der Waals surface area contributed by atoms with E-state index in [-0.39, 0.29) is 23.3 Å². The van der Waals surface area contributed by atoms with Gasteiger partial charge in [-0.2, -0.15) is 0 Å². The number of phenolic OH excluding ortho intramolecular Hbond substituents is 2. The number of unbranched alkanes of at least 4 members (excludes halogenated alkanes) is 2. The second-order valence-corrected chi connectivity index (χ2v) is 8.16. The van der Waals surface area contributed by atoms with Crippen LogP contribution in [0.2, 0.25) is 0 Å². The molecule has 1 aromatic carbocycles. The van der Waals surface area contributed by atoms with Gasteiger partial charge in [-0.1, -0.05) is 43.6 Å². The van der Waals surface area contributed by atoms with Gasteiger partial charge in [0.25, 0.3) is 0 Å². The molecule has 0 saturated heterocycles. The highest BCUT2D eigenvalue weighted by Gasteiger charge is 2.32. The predicted molar refractivity (Wildman–Crippen MR) is 115 cm³/mol. The summed E-state index contributed by atoms with van der Waals surface area (Å²) < 4.78 is 5.65. The van der Waals surface area contributed by atoms with Gasteiger partial charge in [0.2, 0.25) is 0 Å². The monoisotopic (exact) mass is 380 g/mol. The molecular weight excluding hydrogens is 348 g/mol. The van der Waals surface area contributed by atoms with Crippen LogP contribution >= 0.6 is 0 Å². The molecule has 1 aliphatic carbocycles. The molecule has 0 amide bonds. The number of allylic oxidation sites excluding steroid dienone is 3. The van der Waals surface area contributed by atoms with Gasteiger partial charge >= 0.3 is 0 Å². The van der Waals surface area contributed by atoms with Crippen LogP contribution in [0.25, 0.3) is 11.3 Å². The predicted octanol–water partition coefficient (Wildman–Crippen LogP) is 7.11. The van der Waals surface area contributed by atoms with Crippen LogP contribution in [0, 0.1) is 5.92 Å². The van der Waals surface area contributed by atoms with Crippen molar-refractivity contribution in [3.63, 3.8) is 0 Å². The zero-order valence-electron chi connectivity index (χ0n) is 17.3. The molecule has 0 aliphatic heterocycles. The van der Waals surface area contributed by atoms with Crippen molar-refractivity contribution in [3.05, 3.63) is 59.4 Å². The topological polar surface area (TPSA) is 53.6 Å². The van der Waals surface area contributed by atoms with Crippen LogP contribution in [-0.4, -0.2) is 10.2 Å². The minimum atomic E-state index is -0.0790. The van der Waals surface area contributed by atoms with Crippen molar-refractivity contribution in [2.75, 3.05) is 0 Å². The maximum Gasteiger partial charge on any atom is 0.137 e. The lowest BCUT2D eigenvalue weighted by molar-refractivity contribution is 0.406. The molecule has 2 N–H and O–H groups in total. The van der Waals surface area contributed by atoms with E-state index in [1.807, 2.05) is 25.1 Å². The highest BCUT2D eigenvalue weighted by Crippen LogP contribution is 2.50. The number of aryl methyl sites for hydroxylation is 1. The second-order valence-electron chi connectivity index (χ2n) is 8.16. The zero-order chi connectivity index (χ0) is 20.3. The van der Waals surface area contributed by atoms with Gasteiger partial charge in [0.05, 0.1) is 11.8 Å². The molecule has 3 rings (SSSR count). The summed E-state index contributed by atoms with van der Waals surface area (Å²) in [6.07, 6.45) is 9.86. The Morgan fingerprint density at radius 2 is 2.07 bits per heavy atom. The van der Waals surface area contributed by atoms with E-state index in [9.17, 15) is 10.2 Å². The Balaban J connectivity index is 2.15. The standard InChI is InChI=1S/C25H32O3/c1-5-6-7-9-18-15-21(26)24(25(27)23(18)22-10-8-13-28-22)20-14-17(4)11-12-19(20)16(2)3/h8,10,13-15,19-20,26-27H,2,5-7,9,11-12H2,1,3-4H3. The van der Waals surface area contributed by atoms with Gasteiger partial charge in [0.15, 0.2) is 0 Å². The number of aromatic hydroxyl groups is 2. The Hall–Kier alpha value is -2.42.